The highest BCUT2D eigenvalue weighted by Crippen LogP contribution is 2.09. The van der Waals surface area contributed by atoms with Crippen LogP contribution in [-0.4, -0.2) is 23.5 Å². The van der Waals surface area contributed by atoms with Crippen LogP contribution in [0.2, 0.25) is 0 Å². The lowest BCUT2D eigenvalue weighted by Crippen LogP contribution is -2.34. The Balaban J connectivity index is 1.88. The third-order valence-corrected chi connectivity index (χ3v) is 3.47. The molecule has 0 fully saturated rings. The smallest absolute Gasteiger partial charge is 0.308 e. The molecule has 0 radical (unpaired) electrons. The zero-order chi connectivity index (χ0) is 16.7. The van der Waals surface area contributed by atoms with E-state index in [2.05, 4.69) is 5.32 Å². The number of halogens is 1. The van der Waals surface area contributed by atoms with E-state index in [9.17, 15) is 19.1 Å². The van der Waals surface area contributed by atoms with Crippen LogP contribution < -0.4 is 5.32 Å². The third kappa shape index (κ3) is 5.54. The second-order valence-corrected chi connectivity index (χ2v) is 5.34. The molecule has 0 aliphatic heterocycles. The Morgan fingerprint density at radius 1 is 1.04 bits per heavy atom. The van der Waals surface area contributed by atoms with Gasteiger partial charge in [-0.1, -0.05) is 42.5 Å². The van der Waals surface area contributed by atoms with Crippen molar-refractivity contribution >= 4 is 11.9 Å². The van der Waals surface area contributed by atoms with Crippen molar-refractivity contribution in [1.29, 1.82) is 0 Å². The minimum atomic E-state index is -0.958. The molecule has 1 unspecified atom stereocenters. The Morgan fingerprint density at radius 3 is 2.39 bits per heavy atom. The van der Waals surface area contributed by atoms with Gasteiger partial charge < -0.3 is 10.4 Å². The van der Waals surface area contributed by atoms with Crippen molar-refractivity contribution in [2.75, 3.05) is 6.54 Å². The van der Waals surface area contributed by atoms with Gasteiger partial charge in [-0.3, -0.25) is 9.59 Å². The maximum atomic E-state index is 13.1. The molecule has 5 heteroatoms. The van der Waals surface area contributed by atoms with Gasteiger partial charge in [0.1, 0.15) is 5.82 Å². The van der Waals surface area contributed by atoms with Crippen LogP contribution in [-0.2, 0) is 22.4 Å². The molecule has 0 aromatic heterocycles. The van der Waals surface area contributed by atoms with Gasteiger partial charge in [0.25, 0.3) is 0 Å². The summed E-state index contributed by atoms with van der Waals surface area (Å²) in [6, 6.07) is 15.0. The Labute approximate surface area is 134 Å². The number of benzene rings is 2. The van der Waals surface area contributed by atoms with Crippen molar-refractivity contribution < 1.29 is 19.1 Å². The number of carboxylic acids is 1. The minimum absolute atomic E-state index is 0.0233. The first-order chi connectivity index (χ1) is 11.0. The van der Waals surface area contributed by atoms with Gasteiger partial charge in [-0.05, 0) is 29.7 Å². The SMILES string of the molecule is O=C(Cc1cccc(F)c1)NCC(Cc1ccccc1)C(=O)O. The molecule has 2 N–H and O–H groups in total. The Kier molecular flexibility index (Phi) is 5.86. The highest BCUT2D eigenvalue weighted by Gasteiger charge is 2.19. The summed E-state index contributed by atoms with van der Waals surface area (Å²) in [6.45, 7) is 0.0401. The van der Waals surface area contributed by atoms with E-state index < -0.39 is 17.7 Å². The number of carbonyl (C=O) groups excluding carboxylic acids is 1. The lowest BCUT2D eigenvalue weighted by molar-refractivity contribution is -0.141. The number of hydrogen-bond donors (Lipinski definition) is 2. The van der Waals surface area contributed by atoms with Crippen LogP contribution >= 0.6 is 0 Å². The summed E-state index contributed by atoms with van der Waals surface area (Å²) in [5.41, 5.74) is 1.46. The quantitative estimate of drug-likeness (QED) is 0.824. The molecule has 0 bridgehead atoms. The van der Waals surface area contributed by atoms with E-state index in [1.54, 1.807) is 6.07 Å². The topological polar surface area (TPSA) is 66.4 Å². The van der Waals surface area contributed by atoms with Crippen molar-refractivity contribution in [3.63, 3.8) is 0 Å². The fourth-order valence-corrected chi connectivity index (χ4v) is 2.28. The minimum Gasteiger partial charge on any atom is -0.481 e. The number of amides is 1. The van der Waals surface area contributed by atoms with E-state index in [1.807, 2.05) is 30.3 Å². The largest absolute Gasteiger partial charge is 0.481 e. The van der Waals surface area contributed by atoms with E-state index in [0.717, 1.165) is 5.56 Å². The van der Waals surface area contributed by atoms with Gasteiger partial charge in [-0.15, -0.1) is 0 Å². The molecule has 0 aliphatic rings. The maximum Gasteiger partial charge on any atom is 0.308 e. The van der Waals surface area contributed by atoms with E-state index in [-0.39, 0.29) is 18.9 Å². The molecule has 1 amide bonds. The van der Waals surface area contributed by atoms with Crippen molar-refractivity contribution in [3.8, 4) is 0 Å². The number of hydrogen-bond acceptors (Lipinski definition) is 2. The van der Waals surface area contributed by atoms with Crippen molar-refractivity contribution in [3.05, 3.63) is 71.5 Å². The fourth-order valence-electron chi connectivity index (χ4n) is 2.28. The van der Waals surface area contributed by atoms with Gasteiger partial charge in [-0.2, -0.15) is 0 Å². The van der Waals surface area contributed by atoms with Gasteiger partial charge in [0.05, 0.1) is 12.3 Å². The third-order valence-electron chi connectivity index (χ3n) is 3.47. The van der Waals surface area contributed by atoms with E-state index in [1.165, 1.54) is 18.2 Å². The van der Waals surface area contributed by atoms with Crippen LogP contribution in [0.5, 0.6) is 0 Å². The molecular weight excluding hydrogens is 297 g/mol. The number of aliphatic carboxylic acids is 1. The Bertz CT molecular complexity index is 673. The van der Waals surface area contributed by atoms with Crippen molar-refractivity contribution in [1.82, 2.24) is 5.32 Å². The molecule has 4 nitrogen and oxygen atoms in total. The van der Waals surface area contributed by atoms with Crippen molar-refractivity contribution in [2.24, 2.45) is 5.92 Å². The molecule has 23 heavy (non-hydrogen) atoms. The summed E-state index contributed by atoms with van der Waals surface area (Å²) in [6.07, 6.45) is 0.367. The molecule has 0 saturated heterocycles. The molecule has 2 aromatic rings. The number of carbonyl (C=O) groups is 2. The van der Waals surface area contributed by atoms with Gasteiger partial charge in [0, 0.05) is 6.54 Å². The highest BCUT2D eigenvalue weighted by atomic mass is 19.1. The van der Waals surface area contributed by atoms with Crippen LogP contribution in [0.3, 0.4) is 0 Å². The van der Waals surface area contributed by atoms with Crippen LogP contribution in [0, 0.1) is 11.7 Å². The van der Waals surface area contributed by atoms with Gasteiger partial charge >= 0.3 is 5.97 Å². The molecular formula is C18H18FNO3. The standard InChI is InChI=1S/C18H18FNO3/c19-16-8-4-7-14(10-16)11-17(21)20-12-15(18(22)23)9-13-5-2-1-3-6-13/h1-8,10,15H,9,11-12H2,(H,20,21)(H,22,23). The molecule has 2 aromatic carbocycles. The second kappa shape index (κ2) is 8.08. The summed E-state index contributed by atoms with van der Waals surface area (Å²) in [5.74, 6) is -2.38. The summed E-state index contributed by atoms with van der Waals surface area (Å²) in [4.78, 5) is 23.2. The van der Waals surface area contributed by atoms with Gasteiger partial charge in [0.2, 0.25) is 5.91 Å². The average Bonchev–Trinajstić information content (AvgIpc) is 2.52. The van der Waals surface area contributed by atoms with E-state index in [4.69, 9.17) is 0 Å². The predicted molar refractivity (Wildman–Crippen MR) is 84.4 cm³/mol. The van der Waals surface area contributed by atoms with E-state index in [0.29, 0.717) is 12.0 Å². The maximum absolute atomic E-state index is 13.1. The first-order valence-electron chi connectivity index (χ1n) is 7.32. The Hall–Kier alpha value is -2.69. The normalized spacial score (nSPS) is 11.7. The van der Waals surface area contributed by atoms with Crippen LogP contribution in [0.4, 0.5) is 4.39 Å². The number of rotatable bonds is 7. The van der Waals surface area contributed by atoms with Gasteiger partial charge in [0.15, 0.2) is 0 Å². The van der Waals surface area contributed by atoms with Gasteiger partial charge in [-0.25, -0.2) is 4.39 Å². The van der Waals surface area contributed by atoms with Crippen molar-refractivity contribution in [2.45, 2.75) is 12.8 Å². The average molecular weight is 315 g/mol. The molecule has 0 spiro atoms. The number of carboxylic acid groups (broad SMARTS) is 1. The molecule has 0 saturated carbocycles. The monoisotopic (exact) mass is 315 g/mol. The summed E-state index contributed by atoms with van der Waals surface area (Å²) in [7, 11) is 0. The fraction of sp³-hybridized carbons (Fsp3) is 0.222. The van der Waals surface area contributed by atoms with Crippen LogP contribution in [0.1, 0.15) is 11.1 Å². The molecule has 2 rings (SSSR count). The summed E-state index contributed by atoms with van der Waals surface area (Å²) < 4.78 is 13.1. The lowest BCUT2D eigenvalue weighted by atomic mass is 9.99. The molecule has 0 heterocycles. The first-order valence-corrected chi connectivity index (χ1v) is 7.32. The van der Waals surface area contributed by atoms with Crippen LogP contribution in [0.15, 0.2) is 54.6 Å². The number of nitrogens with one attached hydrogen (secondary N) is 1. The second-order valence-electron chi connectivity index (χ2n) is 5.34. The summed E-state index contributed by atoms with van der Waals surface area (Å²) in [5, 5.41) is 11.9. The first kappa shape index (κ1) is 16.7. The Morgan fingerprint density at radius 2 is 1.74 bits per heavy atom. The lowest BCUT2D eigenvalue weighted by Gasteiger charge is -2.13. The molecule has 1 atom stereocenters. The predicted octanol–water partition coefficient (Wildman–Crippen LogP) is 2.43. The van der Waals surface area contributed by atoms with E-state index >= 15 is 0 Å². The zero-order valence-electron chi connectivity index (χ0n) is 12.5. The summed E-state index contributed by atoms with van der Waals surface area (Å²) >= 11 is 0. The van der Waals surface area contributed by atoms with Crippen LogP contribution in [0.25, 0.3) is 0 Å². The molecule has 120 valence electrons. The zero-order valence-corrected chi connectivity index (χ0v) is 12.5. The molecule has 0 aliphatic carbocycles. The highest BCUT2D eigenvalue weighted by molar-refractivity contribution is 5.79.